The van der Waals surface area contributed by atoms with Gasteiger partial charge in [0.15, 0.2) is 10.8 Å². The lowest BCUT2D eigenvalue weighted by Crippen LogP contribution is -2.46. The highest BCUT2D eigenvalue weighted by atomic mass is 32.2. The topological polar surface area (TPSA) is 70.6 Å². The summed E-state index contributed by atoms with van der Waals surface area (Å²) >= 11 is 1.92. The Morgan fingerprint density at radius 1 is 1.25 bits per heavy atom. The van der Waals surface area contributed by atoms with Crippen LogP contribution in [-0.4, -0.2) is 47.1 Å². The van der Waals surface area contributed by atoms with Crippen LogP contribution in [0.5, 0.6) is 0 Å². The molecule has 0 bridgehead atoms. The van der Waals surface area contributed by atoms with Gasteiger partial charge in [0.1, 0.15) is 18.0 Å². The highest BCUT2D eigenvalue weighted by molar-refractivity contribution is 8.00. The van der Waals surface area contributed by atoms with Crippen molar-refractivity contribution in [2.24, 2.45) is 0 Å². The van der Waals surface area contributed by atoms with Crippen LogP contribution in [-0.2, 0) is 17.5 Å². The molecule has 0 saturated carbocycles. The van der Waals surface area contributed by atoms with Crippen LogP contribution in [0, 0.1) is 5.82 Å². The molecule has 3 aromatic rings. The van der Waals surface area contributed by atoms with Gasteiger partial charge >= 0.3 is 12.3 Å². The third kappa shape index (κ3) is 6.19. The number of rotatable bonds is 7. The van der Waals surface area contributed by atoms with Crippen molar-refractivity contribution in [1.29, 1.82) is 0 Å². The van der Waals surface area contributed by atoms with Crippen molar-refractivity contribution in [2.45, 2.75) is 36.7 Å². The number of carbonyl (C=O) groups is 1. The number of ether oxygens (including phenoxy) is 1. The summed E-state index contributed by atoms with van der Waals surface area (Å²) in [7, 11) is 1.49. The second-order valence-corrected chi connectivity index (χ2v) is 9.60. The molecule has 1 N–H and O–H groups in total. The number of pyridine rings is 1. The second-order valence-electron chi connectivity index (χ2n) is 8.08. The molecule has 0 unspecified atom stereocenters. The maximum Gasteiger partial charge on any atom is 0.421 e. The first kappa shape index (κ1) is 26.0. The number of anilines is 2. The molecule has 1 aliphatic heterocycles. The lowest BCUT2D eigenvalue weighted by molar-refractivity contribution is -0.139. The third-order valence-electron chi connectivity index (χ3n) is 5.79. The van der Waals surface area contributed by atoms with Crippen molar-refractivity contribution in [3.63, 3.8) is 0 Å². The van der Waals surface area contributed by atoms with E-state index in [4.69, 9.17) is 4.74 Å². The number of hydrogen-bond acceptors (Lipinski definition) is 8. The fourth-order valence-corrected chi connectivity index (χ4v) is 5.04. The van der Waals surface area contributed by atoms with Crippen LogP contribution in [0.4, 0.5) is 33.9 Å². The minimum absolute atomic E-state index is 0.140. The Labute approximate surface area is 213 Å². The molecule has 36 heavy (non-hydrogen) atoms. The number of alkyl halides is 3. The van der Waals surface area contributed by atoms with E-state index >= 15 is 4.39 Å². The maximum absolute atomic E-state index is 15.0. The summed E-state index contributed by atoms with van der Waals surface area (Å²) in [6.45, 7) is 0.762. The third-order valence-corrected chi connectivity index (χ3v) is 7.17. The SMILES string of the molecule is CN(c1cnc(SNc2cscn2)c(F)c1C(F)(F)F)C1CCN(C(=O)OCc2ccccc2)CC1. The molecular formula is C23H23F4N5O2S2. The Bertz CT molecular complexity index is 1160. The number of nitrogens with zero attached hydrogens (tertiary/aromatic N) is 4. The lowest BCUT2D eigenvalue weighted by Gasteiger charge is -2.38. The van der Waals surface area contributed by atoms with Crippen LogP contribution in [0.25, 0.3) is 0 Å². The van der Waals surface area contributed by atoms with Crippen LogP contribution < -0.4 is 9.62 Å². The predicted molar refractivity (Wildman–Crippen MR) is 130 cm³/mol. The summed E-state index contributed by atoms with van der Waals surface area (Å²) in [5, 5.41) is 1.21. The van der Waals surface area contributed by atoms with Crippen molar-refractivity contribution in [3.05, 3.63) is 64.4 Å². The Morgan fingerprint density at radius 2 is 1.97 bits per heavy atom. The van der Waals surface area contributed by atoms with Gasteiger partial charge in [-0.15, -0.1) is 11.3 Å². The molecule has 1 aliphatic rings. The largest absolute Gasteiger partial charge is 0.445 e. The number of hydrogen-bond donors (Lipinski definition) is 1. The molecule has 192 valence electrons. The first-order chi connectivity index (χ1) is 17.2. The van der Waals surface area contributed by atoms with Crippen LogP contribution in [0.15, 0.2) is 52.4 Å². The number of carbonyl (C=O) groups excluding carboxylic acids is 1. The normalized spacial score (nSPS) is 14.5. The molecule has 1 aromatic carbocycles. The van der Waals surface area contributed by atoms with E-state index in [9.17, 15) is 18.0 Å². The van der Waals surface area contributed by atoms with Gasteiger partial charge in [-0.1, -0.05) is 30.3 Å². The average Bonchev–Trinajstić information content (AvgIpc) is 3.39. The van der Waals surface area contributed by atoms with Crippen molar-refractivity contribution < 1.29 is 27.1 Å². The number of likely N-dealkylation sites (tertiary alicyclic amines) is 1. The van der Waals surface area contributed by atoms with E-state index in [1.807, 2.05) is 30.3 Å². The summed E-state index contributed by atoms with van der Waals surface area (Å²) in [6.07, 6.45) is -3.56. The van der Waals surface area contributed by atoms with E-state index in [2.05, 4.69) is 14.7 Å². The van der Waals surface area contributed by atoms with Crippen molar-refractivity contribution in [2.75, 3.05) is 29.8 Å². The van der Waals surface area contributed by atoms with Crippen LogP contribution in [0.3, 0.4) is 0 Å². The van der Waals surface area contributed by atoms with E-state index < -0.39 is 28.7 Å². The zero-order valence-electron chi connectivity index (χ0n) is 19.2. The molecule has 3 heterocycles. The number of piperidine rings is 1. The molecule has 4 rings (SSSR count). The lowest BCUT2D eigenvalue weighted by atomic mass is 10.0. The average molecular weight is 542 g/mol. The number of benzene rings is 1. The molecular weight excluding hydrogens is 518 g/mol. The molecule has 0 spiro atoms. The van der Waals surface area contributed by atoms with Gasteiger partial charge in [0, 0.05) is 43.5 Å². The zero-order chi connectivity index (χ0) is 25.7. The highest BCUT2D eigenvalue weighted by Crippen LogP contribution is 2.41. The van der Waals surface area contributed by atoms with E-state index in [1.165, 1.54) is 28.2 Å². The van der Waals surface area contributed by atoms with Crippen molar-refractivity contribution >= 4 is 40.9 Å². The zero-order valence-corrected chi connectivity index (χ0v) is 20.8. The first-order valence-corrected chi connectivity index (χ1v) is 12.7. The van der Waals surface area contributed by atoms with Crippen molar-refractivity contribution in [3.8, 4) is 0 Å². The minimum Gasteiger partial charge on any atom is -0.445 e. The summed E-state index contributed by atoms with van der Waals surface area (Å²) in [5.74, 6) is -1.04. The van der Waals surface area contributed by atoms with E-state index in [1.54, 1.807) is 10.9 Å². The quantitative estimate of drug-likeness (QED) is 0.288. The number of thiazole rings is 1. The summed E-state index contributed by atoms with van der Waals surface area (Å²) in [4.78, 5) is 23.2. The Kier molecular flexibility index (Phi) is 8.19. The van der Waals surface area contributed by atoms with Gasteiger partial charge in [0.2, 0.25) is 0 Å². The Morgan fingerprint density at radius 3 is 2.61 bits per heavy atom. The smallest absolute Gasteiger partial charge is 0.421 e. The Balaban J connectivity index is 1.41. The molecule has 13 heteroatoms. The molecule has 2 aromatic heterocycles. The van der Waals surface area contributed by atoms with Gasteiger partial charge in [0.05, 0.1) is 17.4 Å². The van der Waals surface area contributed by atoms with Gasteiger partial charge < -0.3 is 19.3 Å². The van der Waals surface area contributed by atoms with Gasteiger partial charge in [-0.3, -0.25) is 0 Å². The van der Waals surface area contributed by atoms with Crippen LogP contribution in [0.2, 0.25) is 0 Å². The van der Waals surface area contributed by atoms with Gasteiger partial charge in [-0.25, -0.2) is 19.2 Å². The van der Waals surface area contributed by atoms with E-state index in [-0.39, 0.29) is 18.3 Å². The predicted octanol–water partition coefficient (Wildman–Crippen LogP) is 6.05. The molecule has 0 aliphatic carbocycles. The van der Waals surface area contributed by atoms with Gasteiger partial charge in [0.25, 0.3) is 0 Å². The summed E-state index contributed by atoms with van der Waals surface area (Å²) < 4.78 is 64.8. The van der Waals surface area contributed by atoms with E-state index in [0.29, 0.717) is 43.7 Å². The molecule has 0 radical (unpaired) electrons. The number of aromatic nitrogens is 2. The number of nitrogens with one attached hydrogen (secondary N) is 1. The Hall–Kier alpha value is -3.06. The molecule has 1 saturated heterocycles. The van der Waals surface area contributed by atoms with E-state index in [0.717, 1.165) is 11.8 Å². The summed E-state index contributed by atoms with van der Waals surface area (Å²) in [6, 6.07) is 8.92. The molecule has 1 amide bonds. The monoisotopic (exact) mass is 541 g/mol. The minimum atomic E-state index is -4.92. The summed E-state index contributed by atoms with van der Waals surface area (Å²) in [5.41, 5.74) is 0.689. The van der Waals surface area contributed by atoms with Gasteiger partial charge in [-0.2, -0.15) is 13.2 Å². The second kappa shape index (κ2) is 11.3. The van der Waals surface area contributed by atoms with Crippen LogP contribution in [0.1, 0.15) is 24.0 Å². The fraction of sp³-hybridized carbons (Fsp3) is 0.348. The molecule has 7 nitrogen and oxygen atoms in total. The standard InChI is InChI=1S/C23H23F4N5O2S2/c1-31(16-7-9-32(10-8-16)22(33)34-12-15-5-3-2-4-6-15)17-11-28-21(20(24)19(17)23(25,26)27)36-30-18-13-35-14-29-18/h2-6,11,13-14,16,30H,7-10,12H2,1H3. The number of amides is 1. The number of halogens is 4. The van der Waals surface area contributed by atoms with Crippen molar-refractivity contribution in [1.82, 2.24) is 14.9 Å². The fourth-order valence-electron chi connectivity index (χ4n) is 3.88. The van der Waals surface area contributed by atoms with Gasteiger partial charge in [-0.05, 0) is 18.4 Å². The maximum atomic E-state index is 15.0. The van der Waals surface area contributed by atoms with Crippen LogP contribution >= 0.6 is 23.3 Å². The first-order valence-electron chi connectivity index (χ1n) is 11.0. The highest BCUT2D eigenvalue weighted by Gasteiger charge is 2.41. The molecule has 0 atom stereocenters. The molecule has 1 fully saturated rings.